The molecule has 1 rings (SSSR count). The summed E-state index contributed by atoms with van der Waals surface area (Å²) in [4.78, 5) is 36.5. The van der Waals surface area contributed by atoms with E-state index < -0.39 is 23.3 Å². The molecule has 18 heavy (non-hydrogen) atoms. The van der Waals surface area contributed by atoms with Crippen molar-refractivity contribution in [2.75, 3.05) is 7.11 Å². The van der Waals surface area contributed by atoms with Gasteiger partial charge in [-0.2, -0.15) is 0 Å². The average Bonchev–Trinajstić information content (AvgIpc) is 2.35. The number of aromatic amines is 1. The summed E-state index contributed by atoms with van der Waals surface area (Å²) in [6.45, 7) is 1.97. The van der Waals surface area contributed by atoms with E-state index in [1.165, 1.54) is 13.3 Å². The van der Waals surface area contributed by atoms with Gasteiger partial charge in [0.25, 0.3) is 5.56 Å². The van der Waals surface area contributed by atoms with Gasteiger partial charge in [0.15, 0.2) is 0 Å². The van der Waals surface area contributed by atoms with Crippen LogP contribution in [0.15, 0.2) is 15.8 Å². The van der Waals surface area contributed by atoms with Gasteiger partial charge in [-0.25, -0.2) is 9.59 Å². The van der Waals surface area contributed by atoms with E-state index in [0.717, 1.165) is 17.4 Å². The van der Waals surface area contributed by atoms with Crippen LogP contribution in [0, 0.1) is 0 Å². The predicted molar refractivity (Wildman–Crippen MR) is 66.9 cm³/mol. The molecule has 0 fully saturated rings. The second-order valence-electron chi connectivity index (χ2n) is 3.82. The zero-order valence-electron chi connectivity index (χ0n) is 10.2. The molecule has 1 heterocycles. The first-order chi connectivity index (χ1) is 8.51. The van der Waals surface area contributed by atoms with Crippen LogP contribution in [0.2, 0.25) is 5.02 Å². The van der Waals surface area contributed by atoms with Crippen LogP contribution in [-0.2, 0) is 9.53 Å². The SMILES string of the molecule is CCCCC(C(=O)OC)n1cc(Cl)c(=O)[nH]c1=O. The summed E-state index contributed by atoms with van der Waals surface area (Å²) < 4.78 is 5.76. The first-order valence-electron chi connectivity index (χ1n) is 5.60. The maximum Gasteiger partial charge on any atom is 0.329 e. The second-order valence-corrected chi connectivity index (χ2v) is 4.23. The van der Waals surface area contributed by atoms with E-state index in [1.54, 1.807) is 0 Å². The van der Waals surface area contributed by atoms with E-state index in [9.17, 15) is 14.4 Å². The van der Waals surface area contributed by atoms with Crippen molar-refractivity contribution in [3.63, 3.8) is 0 Å². The van der Waals surface area contributed by atoms with E-state index in [-0.39, 0.29) is 5.02 Å². The van der Waals surface area contributed by atoms with Crippen LogP contribution in [0.4, 0.5) is 0 Å². The number of nitrogens with zero attached hydrogens (tertiary/aromatic N) is 1. The number of H-pyrrole nitrogens is 1. The highest BCUT2D eigenvalue weighted by Gasteiger charge is 2.22. The van der Waals surface area contributed by atoms with Crippen LogP contribution < -0.4 is 11.2 Å². The fourth-order valence-electron chi connectivity index (χ4n) is 1.60. The number of hydrogen-bond acceptors (Lipinski definition) is 4. The van der Waals surface area contributed by atoms with Crippen molar-refractivity contribution in [3.8, 4) is 0 Å². The van der Waals surface area contributed by atoms with Gasteiger partial charge in [0.1, 0.15) is 11.1 Å². The van der Waals surface area contributed by atoms with Crippen LogP contribution in [-0.4, -0.2) is 22.6 Å². The average molecular weight is 275 g/mol. The highest BCUT2D eigenvalue weighted by atomic mass is 35.5. The number of carbonyl (C=O) groups excluding carboxylic acids is 1. The van der Waals surface area contributed by atoms with Crippen LogP contribution in [0.1, 0.15) is 32.2 Å². The number of carbonyl (C=O) groups is 1. The lowest BCUT2D eigenvalue weighted by atomic mass is 10.1. The maximum atomic E-state index is 11.7. The molecule has 0 saturated heterocycles. The van der Waals surface area contributed by atoms with Crippen molar-refractivity contribution >= 4 is 17.6 Å². The summed E-state index contributed by atoms with van der Waals surface area (Å²) in [5.74, 6) is -0.534. The molecule has 1 unspecified atom stereocenters. The van der Waals surface area contributed by atoms with Gasteiger partial charge in [0, 0.05) is 6.20 Å². The molecule has 0 aliphatic carbocycles. The molecule has 0 aromatic carbocycles. The van der Waals surface area contributed by atoms with Crippen molar-refractivity contribution in [3.05, 3.63) is 32.1 Å². The summed E-state index contributed by atoms with van der Waals surface area (Å²) in [6, 6.07) is -0.767. The Bertz CT molecular complexity index is 535. The second kappa shape index (κ2) is 6.39. The molecule has 1 N–H and O–H groups in total. The number of rotatable bonds is 5. The van der Waals surface area contributed by atoms with Gasteiger partial charge in [-0.3, -0.25) is 14.3 Å². The molecule has 7 heteroatoms. The Hall–Kier alpha value is -1.56. The summed E-state index contributed by atoms with van der Waals surface area (Å²) in [7, 11) is 1.25. The van der Waals surface area contributed by atoms with Crippen LogP contribution in [0.3, 0.4) is 0 Å². The molecule has 0 saturated carbocycles. The minimum absolute atomic E-state index is 0.139. The van der Waals surface area contributed by atoms with Crippen molar-refractivity contribution in [1.29, 1.82) is 0 Å². The molecule has 0 radical (unpaired) electrons. The number of nitrogens with one attached hydrogen (secondary N) is 1. The molecular formula is C11H15ClN2O4. The summed E-state index contributed by atoms with van der Waals surface area (Å²) in [5, 5.41) is -0.139. The van der Waals surface area contributed by atoms with Gasteiger partial charge in [-0.05, 0) is 6.42 Å². The van der Waals surface area contributed by atoms with Gasteiger partial charge in [-0.15, -0.1) is 0 Å². The van der Waals surface area contributed by atoms with Crippen molar-refractivity contribution in [1.82, 2.24) is 9.55 Å². The number of methoxy groups -OCH3 is 1. The smallest absolute Gasteiger partial charge is 0.329 e. The topological polar surface area (TPSA) is 81.2 Å². The molecule has 1 atom stereocenters. The number of esters is 1. The third-order valence-electron chi connectivity index (χ3n) is 2.56. The third kappa shape index (κ3) is 3.22. The van der Waals surface area contributed by atoms with Crippen LogP contribution >= 0.6 is 11.6 Å². The molecule has 0 amide bonds. The lowest BCUT2D eigenvalue weighted by Gasteiger charge is -2.16. The number of hydrogen-bond donors (Lipinski definition) is 1. The molecule has 100 valence electrons. The predicted octanol–water partition coefficient (Wildman–Crippen LogP) is 1.09. The summed E-state index contributed by atoms with van der Waals surface area (Å²) in [6.07, 6.45) is 3.24. The molecule has 0 bridgehead atoms. The number of halogens is 1. The van der Waals surface area contributed by atoms with Crippen LogP contribution in [0.5, 0.6) is 0 Å². The highest BCUT2D eigenvalue weighted by Crippen LogP contribution is 2.15. The minimum atomic E-state index is -0.767. The Balaban J connectivity index is 3.20. The van der Waals surface area contributed by atoms with Gasteiger partial charge in [-0.1, -0.05) is 31.4 Å². The normalized spacial score (nSPS) is 12.2. The zero-order chi connectivity index (χ0) is 13.7. The van der Waals surface area contributed by atoms with Crippen LogP contribution in [0.25, 0.3) is 0 Å². The van der Waals surface area contributed by atoms with Gasteiger partial charge in [0.2, 0.25) is 0 Å². The molecule has 6 nitrogen and oxygen atoms in total. The first-order valence-corrected chi connectivity index (χ1v) is 5.97. The first kappa shape index (κ1) is 14.5. The van der Waals surface area contributed by atoms with E-state index in [2.05, 4.69) is 9.72 Å². The monoisotopic (exact) mass is 274 g/mol. The number of aromatic nitrogens is 2. The lowest BCUT2D eigenvalue weighted by Crippen LogP contribution is -2.35. The van der Waals surface area contributed by atoms with Crippen molar-refractivity contribution in [2.24, 2.45) is 0 Å². The molecular weight excluding hydrogens is 260 g/mol. The molecule has 1 aromatic rings. The quantitative estimate of drug-likeness (QED) is 0.815. The fourth-order valence-corrected chi connectivity index (χ4v) is 1.75. The van der Waals surface area contributed by atoms with Gasteiger partial charge in [0.05, 0.1) is 7.11 Å². The molecule has 0 aliphatic heterocycles. The highest BCUT2D eigenvalue weighted by molar-refractivity contribution is 6.30. The Kier molecular flexibility index (Phi) is 5.15. The number of unbranched alkanes of at least 4 members (excludes halogenated alkanes) is 1. The molecule has 0 aliphatic rings. The van der Waals surface area contributed by atoms with E-state index in [4.69, 9.17) is 11.6 Å². The standard InChI is InChI=1S/C11H15ClN2O4/c1-3-4-5-8(10(16)18-2)14-6-7(12)9(15)13-11(14)17/h6,8H,3-5H2,1-2H3,(H,13,15,17). The number of ether oxygens (including phenoxy) is 1. The molecule has 1 aromatic heterocycles. The zero-order valence-corrected chi connectivity index (χ0v) is 11.0. The third-order valence-corrected chi connectivity index (χ3v) is 2.83. The summed E-state index contributed by atoms with van der Waals surface area (Å²) in [5.41, 5.74) is -1.34. The Morgan fingerprint density at radius 2 is 2.22 bits per heavy atom. The summed E-state index contributed by atoms with van der Waals surface area (Å²) >= 11 is 5.66. The van der Waals surface area contributed by atoms with Gasteiger partial charge < -0.3 is 4.74 Å². The lowest BCUT2D eigenvalue weighted by molar-refractivity contribution is -0.145. The van der Waals surface area contributed by atoms with Crippen molar-refractivity contribution < 1.29 is 9.53 Å². The Morgan fingerprint density at radius 1 is 1.56 bits per heavy atom. The molecule has 0 spiro atoms. The van der Waals surface area contributed by atoms with Gasteiger partial charge >= 0.3 is 11.7 Å². The minimum Gasteiger partial charge on any atom is -0.467 e. The maximum absolute atomic E-state index is 11.7. The van der Waals surface area contributed by atoms with E-state index in [0.29, 0.717) is 6.42 Å². The van der Waals surface area contributed by atoms with Crippen molar-refractivity contribution in [2.45, 2.75) is 32.2 Å². The fraction of sp³-hybridized carbons (Fsp3) is 0.545. The Morgan fingerprint density at radius 3 is 2.78 bits per heavy atom. The van der Waals surface area contributed by atoms with E-state index in [1.807, 2.05) is 6.92 Å². The Labute approximate surface area is 109 Å². The van der Waals surface area contributed by atoms with E-state index >= 15 is 0 Å². The largest absolute Gasteiger partial charge is 0.467 e.